The van der Waals surface area contributed by atoms with E-state index in [1.54, 1.807) is 6.07 Å². The molecule has 1 heterocycles. The number of nitrogens with one attached hydrogen (secondary N) is 1. The molecular weight excluding hydrogens is 459 g/mol. The minimum atomic E-state index is -4.56. The molecule has 0 bridgehead atoms. The summed E-state index contributed by atoms with van der Waals surface area (Å²) in [6.45, 7) is 0. The van der Waals surface area contributed by atoms with E-state index in [2.05, 4.69) is 36.6 Å². The maximum atomic E-state index is 12.7. The maximum absolute atomic E-state index is 12.7. The second kappa shape index (κ2) is 5.90. The van der Waals surface area contributed by atoms with Crippen LogP contribution in [0.3, 0.4) is 0 Å². The third-order valence-electron chi connectivity index (χ3n) is 2.29. The molecule has 0 aliphatic heterocycles. The third kappa shape index (κ3) is 4.21. The smallest absolute Gasteiger partial charge is 0.279 e. The Hall–Kier alpha value is -0.580. The van der Waals surface area contributed by atoms with Crippen molar-refractivity contribution in [3.05, 3.63) is 44.2 Å². The van der Waals surface area contributed by atoms with Gasteiger partial charge in [-0.3, -0.25) is 4.72 Å². The number of benzene rings is 1. The van der Waals surface area contributed by atoms with E-state index >= 15 is 0 Å². The molecule has 0 aliphatic carbocycles. The molecule has 114 valence electrons. The Morgan fingerprint density at radius 1 is 1.10 bits per heavy atom. The third-order valence-corrected chi connectivity index (χ3v) is 6.25. The highest BCUT2D eigenvalue weighted by Gasteiger charge is 2.31. The van der Waals surface area contributed by atoms with Crippen LogP contribution in [-0.4, -0.2) is 8.42 Å². The van der Waals surface area contributed by atoms with Gasteiger partial charge in [0, 0.05) is 4.47 Å². The van der Waals surface area contributed by atoms with E-state index in [9.17, 15) is 21.6 Å². The molecule has 3 nitrogen and oxygen atoms in total. The van der Waals surface area contributed by atoms with Gasteiger partial charge in [0.15, 0.2) is 0 Å². The molecule has 1 aromatic heterocycles. The van der Waals surface area contributed by atoms with Gasteiger partial charge in [-0.2, -0.15) is 13.2 Å². The van der Waals surface area contributed by atoms with Gasteiger partial charge in [-0.05, 0) is 46.3 Å². The van der Waals surface area contributed by atoms with E-state index in [-0.39, 0.29) is 14.4 Å². The Labute approximate surface area is 139 Å². The lowest BCUT2D eigenvalue weighted by Crippen LogP contribution is -2.13. The monoisotopic (exact) mass is 463 g/mol. The molecule has 0 spiro atoms. The molecule has 2 aromatic rings. The van der Waals surface area contributed by atoms with Crippen molar-refractivity contribution in [1.29, 1.82) is 0 Å². The highest BCUT2D eigenvalue weighted by atomic mass is 79.9. The summed E-state index contributed by atoms with van der Waals surface area (Å²) in [5.74, 6) is 0. The first kappa shape index (κ1) is 16.8. The Balaban J connectivity index is 2.38. The van der Waals surface area contributed by atoms with Crippen LogP contribution in [0.15, 0.2) is 42.8 Å². The largest absolute Gasteiger partial charge is 0.416 e. The first-order valence-electron chi connectivity index (χ1n) is 5.24. The average molecular weight is 465 g/mol. The lowest BCUT2D eigenvalue weighted by molar-refractivity contribution is -0.137. The van der Waals surface area contributed by atoms with Crippen molar-refractivity contribution in [1.82, 2.24) is 0 Å². The van der Waals surface area contributed by atoms with Crippen LogP contribution in [0.1, 0.15) is 5.56 Å². The summed E-state index contributed by atoms with van der Waals surface area (Å²) in [6.07, 6.45) is -4.56. The van der Waals surface area contributed by atoms with Crippen molar-refractivity contribution in [3.8, 4) is 0 Å². The van der Waals surface area contributed by atoms with E-state index in [1.165, 1.54) is 12.1 Å². The summed E-state index contributed by atoms with van der Waals surface area (Å²) in [5, 5.41) is 0. The van der Waals surface area contributed by atoms with Crippen molar-refractivity contribution in [2.24, 2.45) is 0 Å². The molecule has 1 aromatic carbocycles. The van der Waals surface area contributed by atoms with Crippen LogP contribution in [0.25, 0.3) is 0 Å². The number of anilines is 1. The van der Waals surface area contributed by atoms with E-state index in [0.717, 1.165) is 23.5 Å². The summed E-state index contributed by atoms with van der Waals surface area (Å²) in [6, 6.07) is 5.78. The molecule has 0 radical (unpaired) electrons. The van der Waals surface area contributed by atoms with Gasteiger partial charge in [-0.1, -0.05) is 15.9 Å². The van der Waals surface area contributed by atoms with Crippen LogP contribution >= 0.6 is 43.2 Å². The van der Waals surface area contributed by atoms with Crippen molar-refractivity contribution >= 4 is 58.9 Å². The molecule has 0 atom stereocenters. The fourth-order valence-corrected chi connectivity index (χ4v) is 5.00. The van der Waals surface area contributed by atoms with E-state index in [4.69, 9.17) is 0 Å². The Kier molecular flexibility index (Phi) is 4.72. The highest BCUT2D eigenvalue weighted by Crippen LogP contribution is 2.34. The van der Waals surface area contributed by atoms with Crippen LogP contribution in [0.4, 0.5) is 18.9 Å². The van der Waals surface area contributed by atoms with E-state index in [0.29, 0.717) is 3.79 Å². The SMILES string of the molecule is O=S(=O)(Nc1cc(Br)cc(C(F)(F)F)c1)c1ccc(Br)s1. The van der Waals surface area contributed by atoms with Crippen molar-refractivity contribution in [2.75, 3.05) is 4.72 Å². The zero-order chi connectivity index (χ0) is 15.8. The molecule has 0 unspecified atom stereocenters. The predicted molar refractivity (Wildman–Crippen MR) is 82.0 cm³/mol. The quantitative estimate of drug-likeness (QED) is 0.687. The number of hydrogen-bond acceptors (Lipinski definition) is 3. The fraction of sp³-hybridized carbons (Fsp3) is 0.0909. The Bertz CT molecular complexity index is 772. The summed E-state index contributed by atoms with van der Waals surface area (Å²) in [7, 11) is -3.92. The zero-order valence-electron chi connectivity index (χ0n) is 9.91. The lowest BCUT2D eigenvalue weighted by Gasteiger charge is -2.11. The molecular formula is C11H6Br2F3NO2S2. The van der Waals surface area contributed by atoms with Gasteiger partial charge in [0.05, 0.1) is 15.0 Å². The summed E-state index contributed by atoms with van der Waals surface area (Å²) in [5.41, 5.74) is -1.11. The molecule has 0 saturated carbocycles. The van der Waals surface area contributed by atoms with Crippen LogP contribution in [0.5, 0.6) is 0 Å². The Morgan fingerprint density at radius 3 is 2.29 bits per heavy atom. The number of hydrogen-bond donors (Lipinski definition) is 1. The Morgan fingerprint density at radius 2 is 1.76 bits per heavy atom. The van der Waals surface area contributed by atoms with Crippen LogP contribution in [0.2, 0.25) is 0 Å². The number of sulfonamides is 1. The molecule has 0 aliphatic rings. The van der Waals surface area contributed by atoms with Gasteiger partial charge in [-0.25, -0.2) is 8.42 Å². The first-order chi connectivity index (χ1) is 9.58. The minimum Gasteiger partial charge on any atom is -0.279 e. The van der Waals surface area contributed by atoms with Crippen LogP contribution in [-0.2, 0) is 16.2 Å². The second-order valence-electron chi connectivity index (χ2n) is 3.89. The van der Waals surface area contributed by atoms with Gasteiger partial charge >= 0.3 is 6.18 Å². The lowest BCUT2D eigenvalue weighted by atomic mass is 10.2. The first-order valence-corrected chi connectivity index (χ1v) is 9.12. The number of rotatable bonds is 3. The molecule has 0 saturated heterocycles. The molecule has 0 amide bonds. The maximum Gasteiger partial charge on any atom is 0.416 e. The van der Waals surface area contributed by atoms with Crippen molar-refractivity contribution < 1.29 is 21.6 Å². The van der Waals surface area contributed by atoms with Crippen LogP contribution < -0.4 is 4.72 Å². The minimum absolute atomic E-state index is 0.00269. The number of halogens is 5. The topological polar surface area (TPSA) is 46.2 Å². The normalized spacial score (nSPS) is 12.4. The molecule has 0 fully saturated rings. The second-order valence-corrected chi connectivity index (χ2v) is 9.18. The highest BCUT2D eigenvalue weighted by molar-refractivity contribution is 9.11. The van der Waals surface area contributed by atoms with Gasteiger partial charge in [0.2, 0.25) is 0 Å². The van der Waals surface area contributed by atoms with E-state index in [1.807, 2.05) is 0 Å². The van der Waals surface area contributed by atoms with E-state index < -0.39 is 21.8 Å². The average Bonchev–Trinajstić information content (AvgIpc) is 2.74. The molecule has 1 N–H and O–H groups in total. The van der Waals surface area contributed by atoms with Gasteiger partial charge in [0.25, 0.3) is 10.0 Å². The van der Waals surface area contributed by atoms with Gasteiger partial charge in [-0.15, -0.1) is 11.3 Å². The number of alkyl halides is 3. The van der Waals surface area contributed by atoms with Gasteiger partial charge < -0.3 is 0 Å². The standard InChI is InChI=1S/C11H6Br2F3NO2S2/c12-7-3-6(11(14,15)16)4-8(5-7)17-21(18,19)10-2-1-9(13)20-10/h1-5,17H. The fourth-order valence-electron chi connectivity index (χ4n) is 1.46. The summed E-state index contributed by atoms with van der Waals surface area (Å²) < 4.78 is 65.1. The predicted octanol–water partition coefficient (Wildman–Crippen LogP) is 5.09. The summed E-state index contributed by atoms with van der Waals surface area (Å²) >= 11 is 7.02. The zero-order valence-corrected chi connectivity index (χ0v) is 14.7. The van der Waals surface area contributed by atoms with Gasteiger partial charge in [0.1, 0.15) is 4.21 Å². The van der Waals surface area contributed by atoms with Crippen LogP contribution in [0, 0.1) is 0 Å². The molecule has 21 heavy (non-hydrogen) atoms. The number of thiophene rings is 1. The molecule has 2 rings (SSSR count). The van der Waals surface area contributed by atoms with Crippen molar-refractivity contribution in [3.63, 3.8) is 0 Å². The molecule has 10 heteroatoms. The summed E-state index contributed by atoms with van der Waals surface area (Å²) in [4.78, 5) is 0. The van der Waals surface area contributed by atoms with Crippen molar-refractivity contribution in [2.45, 2.75) is 10.4 Å².